The van der Waals surface area contributed by atoms with Crippen molar-refractivity contribution in [3.8, 4) is 0 Å². The zero-order valence-corrected chi connectivity index (χ0v) is 9.79. The maximum Gasteiger partial charge on any atom is 0.236 e. The van der Waals surface area contributed by atoms with Crippen molar-refractivity contribution in [1.82, 2.24) is 5.32 Å². The van der Waals surface area contributed by atoms with Crippen molar-refractivity contribution in [1.29, 1.82) is 0 Å². The molecule has 0 aromatic rings. The molecule has 1 rings (SSSR count). The van der Waals surface area contributed by atoms with Crippen LogP contribution in [0.1, 0.15) is 33.6 Å². The summed E-state index contributed by atoms with van der Waals surface area (Å²) in [5, 5.41) is 12.8. The van der Waals surface area contributed by atoms with Gasteiger partial charge in [-0.25, -0.2) is 0 Å². The van der Waals surface area contributed by atoms with Crippen LogP contribution in [-0.2, 0) is 4.79 Å². The molecule has 0 spiro atoms. The third kappa shape index (κ3) is 2.92. The van der Waals surface area contributed by atoms with Gasteiger partial charge in [0.1, 0.15) is 0 Å². The number of rotatable bonds is 5. The highest BCUT2D eigenvalue weighted by Gasteiger charge is 2.49. The Morgan fingerprint density at radius 2 is 2.00 bits per heavy atom. The molecule has 4 N–H and O–H groups in total. The van der Waals surface area contributed by atoms with Crippen molar-refractivity contribution in [2.75, 3.05) is 6.54 Å². The number of aliphatic hydroxyl groups is 1. The van der Waals surface area contributed by atoms with Crippen LogP contribution in [-0.4, -0.2) is 29.7 Å². The van der Waals surface area contributed by atoms with E-state index in [1.54, 1.807) is 6.92 Å². The molecule has 0 bridgehead atoms. The molecule has 2 atom stereocenters. The summed E-state index contributed by atoms with van der Waals surface area (Å²) in [5.74, 6) is 0.0944. The van der Waals surface area contributed by atoms with E-state index in [0.717, 1.165) is 12.8 Å². The van der Waals surface area contributed by atoms with E-state index in [0.29, 0.717) is 6.54 Å². The standard InChI is InChI=1S/C11H22N2O2/c1-7(2)9(14)11(4-5-11)6-13-10(15)8(3)12/h7-9,14H,4-6,12H2,1-3H3,(H,13,15)/t8-,9?/m1/s1. The summed E-state index contributed by atoms with van der Waals surface area (Å²) in [7, 11) is 0. The van der Waals surface area contributed by atoms with E-state index in [-0.39, 0.29) is 23.3 Å². The summed E-state index contributed by atoms with van der Waals surface area (Å²) in [5.41, 5.74) is 5.36. The molecular formula is C11H22N2O2. The van der Waals surface area contributed by atoms with Crippen LogP contribution in [0.2, 0.25) is 0 Å². The molecule has 1 saturated carbocycles. The number of aliphatic hydroxyl groups excluding tert-OH is 1. The van der Waals surface area contributed by atoms with Gasteiger partial charge in [0.2, 0.25) is 5.91 Å². The molecule has 0 radical (unpaired) electrons. The molecule has 1 unspecified atom stereocenters. The molecule has 88 valence electrons. The lowest BCUT2D eigenvalue weighted by Crippen LogP contribution is -2.44. The van der Waals surface area contributed by atoms with Crippen LogP contribution in [0.5, 0.6) is 0 Å². The van der Waals surface area contributed by atoms with Gasteiger partial charge in [-0.05, 0) is 25.7 Å². The van der Waals surface area contributed by atoms with E-state index in [2.05, 4.69) is 5.32 Å². The summed E-state index contributed by atoms with van der Waals surface area (Å²) < 4.78 is 0. The fourth-order valence-corrected chi connectivity index (χ4v) is 1.87. The van der Waals surface area contributed by atoms with Crippen molar-refractivity contribution >= 4 is 5.91 Å². The van der Waals surface area contributed by atoms with Gasteiger partial charge in [0.25, 0.3) is 0 Å². The first-order valence-electron chi connectivity index (χ1n) is 5.60. The Bertz CT molecular complexity index is 235. The van der Waals surface area contributed by atoms with Crippen LogP contribution in [0, 0.1) is 11.3 Å². The Hall–Kier alpha value is -0.610. The molecular weight excluding hydrogens is 192 g/mol. The number of amides is 1. The highest BCUT2D eigenvalue weighted by molar-refractivity contribution is 5.81. The fraction of sp³-hybridized carbons (Fsp3) is 0.909. The van der Waals surface area contributed by atoms with Crippen molar-refractivity contribution in [3.05, 3.63) is 0 Å². The molecule has 0 saturated heterocycles. The van der Waals surface area contributed by atoms with Crippen LogP contribution < -0.4 is 11.1 Å². The second-order valence-electron chi connectivity index (χ2n) is 5.06. The molecule has 1 amide bonds. The minimum atomic E-state index is -0.475. The second kappa shape index (κ2) is 4.49. The van der Waals surface area contributed by atoms with Gasteiger partial charge >= 0.3 is 0 Å². The average Bonchev–Trinajstić information content (AvgIpc) is 2.93. The number of carbonyl (C=O) groups is 1. The maximum absolute atomic E-state index is 11.3. The van der Waals surface area contributed by atoms with E-state index in [4.69, 9.17) is 5.73 Å². The Morgan fingerprint density at radius 3 is 2.33 bits per heavy atom. The van der Waals surface area contributed by atoms with Gasteiger partial charge in [-0.3, -0.25) is 4.79 Å². The quantitative estimate of drug-likeness (QED) is 0.614. The van der Waals surface area contributed by atoms with Gasteiger partial charge in [0, 0.05) is 12.0 Å². The Morgan fingerprint density at radius 1 is 1.47 bits per heavy atom. The largest absolute Gasteiger partial charge is 0.392 e. The van der Waals surface area contributed by atoms with Crippen LogP contribution in [0.3, 0.4) is 0 Å². The molecule has 1 aliphatic carbocycles. The number of hydrogen-bond acceptors (Lipinski definition) is 3. The van der Waals surface area contributed by atoms with Crippen LogP contribution in [0.15, 0.2) is 0 Å². The smallest absolute Gasteiger partial charge is 0.236 e. The van der Waals surface area contributed by atoms with Gasteiger partial charge < -0.3 is 16.2 Å². The Labute approximate surface area is 91.2 Å². The molecule has 0 aliphatic heterocycles. The third-order valence-corrected chi connectivity index (χ3v) is 3.18. The first-order chi connectivity index (χ1) is 6.89. The van der Waals surface area contributed by atoms with Gasteiger partial charge in [-0.1, -0.05) is 13.8 Å². The van der Waals surface area contributed by atoms with Crippen LogP contribution in [0.25, 0.3) is 0 Å². The van der Waals surface area contributed by atoms with E-state index in [9.17, 15) is 9.90 Å². The van der Waals surface area contributed by atoms with E-state index < -0.39 is 6.04 Å². The Balaban J connectivity index is 2.41. The molecule has 0 aromatic carbocycles. The molecule has 15 heavy (non-hydrogen) atoms. The molecule has 0 heterocycles. The number of carbonyl (C=O) groups excluding carboxylic acids is 1. The molecule has 0 aromatic heterocycles. The topological polar surface area (TPSA) is 75.3 Å². The maximum atomic E-state index is 11.3. The molecule has 4 heteroatoms. The zero-order valence-electron chi connectivity index (χ0n) is 9.79. The first kappa shape index (κ1) is 12.5. The van der Waals surface area contributed by atoms with Gasteiger partial charge in [0.05, 0.1) is 12.1 Å². The van der Waals surface area contributed by atoms with Gasteiger partial charge in [-0.15, -0.1) is 0 Å². The fourth-order valence-electron chi connectivity index (χ4n) is 1.87. The predicted octanol–water partition coefficient (Wildman–Crippen LogP) is 0.247. The van der Waals surface area contributed by atoms with E-state index >= 15 is 0 Å². The van der Waals surface area contributed by atoms with Crippen molar-refractivity contribution in [2.45, 2.75) is 45.8 Å². The zero-order chi connectivity index (χ0) is 11.6. The average molecular weight is 214 g/mol. The predicted molar refractivity (Wildman–Crippen MR) is 59.2 cm³/mol. The summed E-state index contributed by atoms with van der Waals surface area (Å²) in [6, 6.07) is -0.475. The summed E-state index contributed by atoms with van der Waals surface area (Å²) in [4.78, 5) is 11.3. The number of nitrogens with two attached hydrogens (primary N) is 1. The summed E-state index contributed by atoms with van der Waals surface area (Å²) >= 11 is 0. The number of hydrogen-bond donors (Lipinski definition) is 3. The third-order valence-electron chi connectivity index (χ3n) is 3.18. The SMILES string of the molecule is CC(C)C(O)C1(CNC(=O)[C@@H](C)N)CC1. The summed E-state index contributed by atoms with van der Waals surface area (Å²) in [6.07, 6.45) is 1.66. The Kier molecular flexibility index (Phi) is 3.73. The minimum absolute atomic E-state index is 0.0846. The number of nitrogens with one attached hydrogen (secondary N) is 1. The van der Waals surface area contributed by atoms with E-state index in [1.165, 1.54) is 0 Å². The van der Waals surface area contributed by atoms with E-state index in [1.807, 2.05) is 13.8 Å². The van der Waals surface area contributed by atoms with Crippen molar-refractivity contribution < 1.29 is 9.90 Å². The minimum Gasteiger partial charge on any atom is -0.392 e. The van der Waals surface area contributed by atoms with Crippen molar-refractivity contribution in [2.24, 2.45) is 17.1 Å². The van der Waals surface area contributed by atoms with Crippen LogP contribution in [0.4, 0.5) is 0 Å². The molecule has 4 nitrogen and oxygen atoms in total. The van der Waals surface area contributed by atoms with Crippen molar-refractivity contribution in [3.63, 3.8) is 0 Å². The molecule has 1 aliphatic rings. The lowest BCUT2D eigenvalue weighted by molar-refractivity contribution is -0.122. The highest BCUT2D eigenvalue weighted by Crippen LogP contribution is 2.50. The van der Waals surface area contributed by atoms with Gasteiger partial charge in [-0.2, -0.15) is 0 Å². The summed E-state index contributed by atoms with van der Waals surface area (Å²) in [6.45, 7) is 6.21. The normalized spacial score (nSPS) is 22.3. The monoisotopic (exact) mass is 214 g/mol. The lowest BCUT2D eigenvalue weighted by atomic mass is 9.90. The second-order valence-corrected chi connectivity index (χ2v) is 5.06. The van der Waals surface area contributed by atoms with Gasteiger partial charge in [0.15, 0.2) is 0 Å². The highest BCUT2D eigenvalue weighted by atomic mass is 16.3. The first-order valence-corrected chi connectivity index (χ1v) is 5.60. The lowest BCUT2D eigenvalue weighted by Gasteiger charge is -2.26. The van der Waals surface area contributed by atoms with Crippen LogP contribution >= 0.6 is 0 Å². The molecule has 1 fully saturated rings.